The molecule has 1 aliphatic heterocycles. The van der Waals surface area contributed by atoms with Crippen LogP contribution in [-0.2, 0) is 16.1 Å². The summed E-state index contributed by atoms with van der Waals surface area (Å²) in [6, 6.07) is -0.371. The molecule has 0 spiro atoms. The van der Waals surface area contributed by atoms with Crippen molar-refractivity contribution in [3.8, 4) is 0 Å². The highest BCUT2D eigenvalue weighted by molar-refractivity contribution is 5.89. The van der Waals surface area contributed by atoms with Crippen LogP contribution in [0.1, 0.15) is 48.9 Å². The molecule has 6 heteroatoms. The third kappa shape index (κ3) is 3.37. The van der Waals surface area contributed by atoms with Gasteiger partial charge in [0, 0.05) is 35.5 Å². The minimum Gasteiger partial charge on any atom is -0.363 e. The molecule has 6 nitrogen and oxygen atoms in total. The largest absolute Gasteiger partial charge is 0.363 e. The van der Waals surface area contributed by atoms with Crippen LogP contribution in [0.2, 0.25) is 0 Å². The predicted molar refractivity (Wildman–Crippen MR) is 90.5 cm³/mol. The molecule has 1 saturated carbocycles. The molecule has 1 atom stereocenters. The molecule has 2 fully saturated rings. The van der Waals surface area contributed by atoms with Gasteiger partial charge in [-0.25, -0.2) is 0 Å². The average molecular weight is 331 g/mol. The molecule has 3 rings (SSSR count). The number of rotatable bonds is 4. The van der Waals surface area contributed by atoms with Crippen LogP contribution in [0.5, 0.6) is 0 Å². The Balaban J connectivity index is 1.66. The minimum absolute atomic E-state index is 0.00111. The van der Waals surface area contributed by atoms with Crippen LogP contribution in [0.15, 0.2) is 11.0 Å². The quantitative estimate of drug-likeness (QED) is 0.875. The lowest BCUT2D eigenvalue weighted by atomic mass is 10.0. The number of aromatic amines is 1. The van der Waals surface area contributed by atoms with Crippen LogP contribution < -0.4 is 10.7 Å². The van der Waals surface area contributed by atoms with Gasteiger partial charge in [0.25, 0.3) is 0 Å². The maximum absolute atomic E-state index is 12.6. The Labute approximate surface area is 141 Å². The van der Waals surface area contributed by atoms with Gasteiger partial charge in [0.05, 0.1) is 6.54 Å². The van der Waals surface area contributed by atoms with Crippen molar-refractivity contribution in [2.45, 2.75) is 58.5 Å². The van der Waals surface area contributed by atoms with Crippen LogP contribution >= 0.6 is 0 Å². The molecule has 1 aromatic rings. The third-order valence-corrected chi connectivity index (χ3v) is 5.07. The minimum atomic E-state index is -0.371. The number of H-pyrrole nitrogens is 1. The summed E-state index contributed by atoms with van der Waals surface area (Å²) in [6.07, 6.45) is 6.22. The Hall–Kier alpha value is -2.11. The van der Waals surface area contributed by atoms with Crippen LogP contribution in [0, 0.1) is 19.8 Å². The summed E-state index contributed by atoms with van der Waals surface area (Å²) < 4.78 is 0. The number of carbonyl (C=O) groups excluding carboxylic acids is 2. The maximum Gasteiger partial charge on any atom is 0.243 e. The van der Waals surface area contributed by atoms with Gasteiger partial charge < -0.3 is 15.2 Å². The Morgan fingerprint density at radius 3 is 2.71 bits per heavy atom. The highest BCUT2D eigenvalue weighted by Gasteiger charge is 2.39. The summed E-state index contributed by atoms with van der Waals surface area (Å²) >= 11 is 0. The van der Waals surface area contributed by atoms with Crippen molar-refractivity contribution in [2.24, 2.45) is 5.92 Å². The molecule has 2 N–H and O–H groups in total. The van der Waals surface area contributed by atoms with Crippen LogP contribution in [0.3, 0.4) is 0 Å². The SMILES string of the molecule is Cc1c[nH]c(CNC(=O)[C@@H]2CCCCN2C(=O)C2CC2)c(C)c1=O. The molecule has 0 bridgehead atoms. The molecule has 130 valence electrons. The zero-order chi connectivity index (χ0) is 17.3. The van der Waals surface area contributed by atoms with Crippen molar-refractivity contribution in [1.29, 1.82) is 0 Å². The first-order valence-electron chi connectivity index (χ1n) is 8.75. The van der Waals surface area contributed by atoms with Gasteiger partial charge in [-0.2, -0.15) is 0 Å². The van der Waals surface area contributed by atoms with E-state index in [1.54, 1.807) is 24.9 Å². The highest BCUT2D eigenvalue weighted by atomic mass is 16.2. The van der Waals surface area contributed by atoms with E-state index in [0.29, 0.717) is 24.1 Å². The monoisotopic (exact) mass is 331 g/mol. The highest BCUT2D eigenvalue weighted by Crippen LogP contribution is 2.33. The molecule has 1 aromatic heterocycles. The van der Waals surface area contributed by atoms with E-state index >= 15 is 0 Å². The van der Waals surface area contributed by atoms with Gasteiger partial charge >= 0.3 is 0 Å². The normalized spacial score (nSPS) is 20.8. The van der Waals surface area contributed by atoms with Gasteiger partial charge in [0.1, 0.15) is 6.04 Å². The Bertz CT molecular complexity index is 706. The molecule has 0 unspecified atom stereocenters. The number of nitrogens with one attached hydrogen (secondary N) is 2. The summed E-state index contributed by atoms with van der Waals surface area (Å²) in [5.41, 5.74) is 2.01. The van der Waals surface area contributed by atoms with E-state index < -0.39 is 0 Å². The van der Waals surface area contributed by atoms with Crippen LogP contribution in [0.4, 0.5) is 0 Å². The second-order valence-electron chi connectivity index (χ2n) is 6.94. The smallest absolute Gasteiger partial charge is 0.243 e. The van der Waals surface area contributed by atoms with Crippen molar-refractivity contribution in [1.82, 2.24) is 15.2 Å². The van der Waals surface area contributed by atoms with E-state index in [9.17, 15) is 14.4 Å². The number of pyridine rings is 1. The van der Waals surface area contributed by atoms with E-state index in [2.05, 4.69) is 10.3 Å². The van der Waals surface area contributed by atoms with Gasteiger partial charge in [-0.3, -0.25) is 14.4 Å². The van der Waals surface area contributed by atoms with E-state index in [4.69, 9.17) is 0 Å². The summed E-state index contributed by atoms with van der Waals surface area (Å²) in [5, 5.41) is 2.90. The number of aromatic nitrogens is 1. The predicted octanol–water partition coefficient (Wildman–Crippen LogP) is 1.40. The van der Waals surface area contributed by atoms with Gasteiger partial charge in [-0.15, -0.1) is 0 Å². The van der Waals surface area contributed by atoms with Gasteiger partial charge in [0.2, 0.25) is 11.8 Å². The molecular formula is C18H25N3O3. The first-order chi connectivity index (χ1) is 11.5. The lowest BCUT2D eigenvalue weighted by Crippen LogP contribution is -2.52. The second kappa shape index (κ2) is 6.79. The summed E-state index contributed by atoms with van der Waals surface area (Å²) in [7, 11) is 0. The summed E-state index contributed by atoms with van der Waals surface area (Å²) in [6.45, 7) is 4.48. The van der Waals surface area contributed by atoms with Crippen molar-refractivity contribution in [3.05, 3.63) is 33.2 Å². The van der Waals surface area contributed by atoms with E-state index in [1.165, 1.54) is 0 Å². The summed E-state index contributed by atoms with van der Waals surface area (Å²) in [4.78, 5) is 41.8. The Morgan fingerprint density at radius 2 is 2.00 bits per heavy atom. The fraction of sp³-hybridized carbons (Fsp3) is 0.611. The molecule has 0 aromatic carbocycles. The topological polar surface area (TPSA) is 82.3 Å². The molecule has 1 aliphatic carbocycles. The van der Waals surface area contributed by atoms with E-state index in [0.717, 1.165) is 31.4 Å². The fourth-order valence-corrected chi connectivity index (χ4v) is 3.31. The third-order valence-electron chi connectivity index (χ3n) is 5.07. The number of aryl methyl sites for hydroxylation is 1. The summed E-state index contributed by atoms with van der Waals surface area (Å²) in [5.74, 6) is 0.147. The Kier molecular flexibility index (Phi) is 4.73. The van der Waals surface area contributed by atoms with Crippen LogP contribution in [-0.4, -0.2) is 34.3 Å². The molecular weight excluding hydrogens is 306 g/mol. The lowest BCUT2D eigenvalue weighted by molar-refractivity contribution is -0.143. The number of amides is 2. The molecule has 0 radical (unpaired) electrons. The standard InChI is InChI=1S/C18H25N3O3/c1-11-9-19-14(12(2)16(11)22)10-20-17(23)15-5-3-4-8-21(15)18(24)13-6-7-13/h9,13,15H,3-8,10H2,1-2H3,(H,19,22)(H,20,23)/t15-/m0/s1. The number of nitrogens with zero attached hydrogens (tertiary/aromatic N) is 1. The molecule has 2 aliphatic rings. The number of carbonyl (C=O) groups is 2. The van der Waals surface area contributed by atoms with E-state index in [1.807, 2.05) is 0 Å². The van der Waals surface area contributed by atoms with Crippen molar-refractivity contribution >= 4 is 11.8 Å². The zero-order valence-electron chi connectivity index (χ0n) is 14.4. The van der Waals surface area contributed by atoms with Crippen molar-refractivity contribution in [3.63, 3.8) is 0 Å². The van der Waals surface area contributed by atoms with Crippen molar-refractivity contribution < 1.29 is 9.59 Å². The van der Waals surface area contributed by atoms with Crippen LogP contribution in [0.25, 0.3) is 0 Å². The molecule has 1 saturated heterocycles. The Morgan fingerprint density at radius 1 is 1.25 bits per heavy atom. The average Bonchev–Trinajstić information content (AvgIpc) is 3.43. The van der Waals surface area contributed by atoms with Gasteiger partial charge in [-0.1, -0.05) is 0 Å². The zero-order valence-corrected chi connectivity index (χ0v) is 14.4. The maximum atomic E-state index is 12.6. The first-order valence-corrected chi connectivity index (χ1v) is 8.75. The number of likely N-dealkylation sites (tertiary alicyclic amines) is 1. The van der Waals surface area contributed by atoms with Gasteiger partial charge in [-0.05, 0) is 46.0 Å². The molecule has 2 amide bonds. The number of hydrogen-bond donors (Lipinski definition) is 2. The van der Waals surface area contributed by atoms with Gasteiger partial charge in [0.15, 0.2) is 5.43 Å². The molecule has 24 heavy (non-hydrogen) atoms. The van der Waals surface area contributed by atoms with E-state index in [-0.39, 0.29) is 35.7 Å². The molecule has 2 heterocycles. The first kappa shape index (κ1) is 16.7. The number of hydrogen-bond acceptors (Lipinski definition) is 3. The fourth-order valence-electron chi connectivity index (χ4n) is 3.31. The second-order valence-corrected chi connectivity index (χ2v) is 6.94. The van der Waals surface area contributed by atoms with Crippen molar-refractivity contribution in [2.75, 3.05) is 6.54 Å². The lowest BCUT2D eigenvalue weighted by Gasteiger charge is -2.35. The number of piperidine rings is 1.